The van der Waals surface area contributed by atoms with Gasteiger partial charge in [0.05, 0.1) is 59.3 Å². The van der Waals surface area contributed by atoms with E-state index in [2.05, 4.69) is 60.5 Å². The second-order valence-electron chi connectivity index (χ2n) is 33.9. The van der Waals surface area contributed by atoms with Gasteiger partial charge in [-0.1, -0.05) is 144 Å². The standard InChI is InChI=1S/2C25H31ClN2O6.2C25H32N2O6/c2*1-17-8-3-6-13-33-25(32)23-19(24(26)21(30)15-20(23)29)14-18(10-7-9-17)27-34-16-22(31)28-11-4-2-5-12-28;2*1-18-8-3-6-13-32-25(31)24-19(15-21(28)16-22(24)29)14-20(10-7-9-18)26-33-17-23(30)27-11-4-2-5-12-27/h2*3,7-8,10,15,17,29-30H,2,4-6,9,11-14,16H2,1H3;2*3,7-8,10,15-16,18,28-29H,2,4-6,9,11-14,17H2,1H3/b8-3+,10-7+,27-18+;8-3+,10-7+,27-18-;8-3+,10-7+,26-20+;8-3+,10-7+,26-20-. The number of esters is 4. The number of piperidine rings is 4. The van der Waals surface area contributed by atoms with E-state index in [1.165, 1.54) is 12.1 Å². The van der Waals surface area contributed by atoms with Gasteiger partial charge >= 0.3 is 23.9 Å². The van der Waals surface area contributed by atoms with Crippen LogP contribution in [0.1, 0.15) is 220 Å². The maximum Gasteiger partial charge on any atom is 0.342 e. The van der Waals surface area contributed by atoms with Gasteiger partial charge in [-0.3, -0.25) is 19.2 Å². The predicted molar refractivity (Wildman–Crippen MR) is 507 cm³/mol. The number of cyclic esters (lactones) is 4. The smallest absolute Gasteiger partial charge is 0.342 e. The van der Waals surface area contributed by atoms with Crippen LogP contribution in [0.5, 0.6) is 46.0 Å². The molecule has 0 aromatic heterocycles. The summed E-state index contributed by atoms with van der Waals surface area (Å²) in [6, 6.07) is 7.01. The molecule has 4 aromatic rings. The molecule has 8 aliphatic rings. The highest BCUT2D eigenvalue weighted by molar-refractivity contribution is 6.34. The summed E-state index contributed by atoms with van der Waals surface area (Å²) in [4.78, 5) is 129. The SMILES string of the molecule is CC1/C=C/CCOC(=O)c2c(O)cc(O)c(Cl)c2CC(=N/OCC(=O)N2CCCCC2)/C=C/C1.CC1/C=C/CCOC(=O)c2c(O)cc(O)c(Cl)c2CC(=N\OCC(=O)N2CCCCC2)/C=C/C1.CC1/C=C/CCOC(=O)c2c(O)cc(O)cc2CC(=N/OCC(=O)N2CCCCC2)/C=C/C1.CC1/C=C/CCOC(=O)c2c(O)cc(O)cc2CC(=N\OCC(=O)N2CCCCC2)/C=C/C1. The van der Waals surface area contributed by atoms with E-state index >= 15 is 0 Å². The Balaban J connectivity index is 0.000000201. The molecule has 4 amide bonds. The Morgan fingerprint density at radius 3 is 0.828 bits per heavy atom. The van der Waals surface area contributed by atoms with E-state index in [0.29, 0.717) is 85.8 Å². The van der Waals surface area contributed by atoms with Crippen LogP contribution in [0.25, 0.3) is 0 Å². The van der Waals surface area contributed by atoms with Gasteiger partial charge in [-0.05, 0) is 211 Å². The van der Waals surface area contributed by atoms with Gasteiger partial charge < -0.3 is 98.7 Å². The van der Waals surface area contributed by atoms with Crippen LogP contribution in [-0.4, -0.2) is 236 Å². The first kappa shape index (κ1) is 105. The number of hydrogen-bond donors (Lipinski definition) is 8. The van der Waals surface area contributed by atoms with Crippen LogP contribution >= 0.6 is 23.2 Å². The van der Waals surface area contributed by atoms with Crippen LogP contribution in [0.15, 0.2) is 154 Å². The second kappa shape index (κ2) is 55.8. The minimum absolute atomic E-state index is 0.0206. The summed E-state index contributed by atoms with van der Waals surface area (Å²) in [5.41, 5.74) is 2.38. The summed E-state index contributed by atoms with van der Waals surface area (Å²) < 4.78 is 21.2. The van der Waals surface area contributed by atoms with Gasteiger partial charge in [-0.15, -0.1) is 0 Å². The van der Waals surface area contributed by atoms with Gasteiger partial charge in [0.25, 0.3) is 23.6 Å². The lowest BCUT2D eigenvalue weighted by Gasteiger charge is -2.26. The van der Waals surface area contributed by atoms with Crippen molar-refractivity contribution < 1.29 is 118 Å². The first-order valence-corrected chi connectivity index (χ1v) is 46.8. The van der Waals surface area contributed by atoms with Crippen molar-refractivity contribution in [3.8, 4) is 46.0 Å². The third-order valence-corrected chi connectivity index (χ3v) is 23.6. The number of ether oxygens (including phenoxy) is 4. The lowest BCUT2D eigenvalue weighted by Crippen LogP contribution is -2.37. The van der Waals surface area contributed by atoms with Crippen molar-refractivity contribution in [1.29, 1.82) is 0 Å². The van der Waals surface area contributed by atoms with E-state index < -0.39 is 35.4 Å². The fourth-order valence-corrected chi connectivity index (χ4v) is 16.0. The molecule has 4 aromatic carbocycles. The van der Waals surface area contributed by atoms with Gasteiger partial charge in [-0.2, -0.15) is 0 Å². The highest BCUT2D eigenvalue weighted by Crippen LogP contribution is 2.40. The maximum atomic E-state index is 12.7. The number of benzene rings is 4. The van der Waals surface area contributed by atoms with Crippen molar-refractivity contribution in [3.05, 3.63) is 188 Å². The lowest BCUT2D eigenvalue weighted by atomic mass is 9.99. The maximum absolute atomic E-state index is 12.7. The quantitative estimate of drug-likeness (QED) is 0.0283. The number of carbonyl (C=O) groups excluding carboxylic acids is 8. The van der Waals surface area contributed by atoms with E-state index in [1.807, 2.05) is 60.8 Å². The Morgan fingerprint density at radius 1 is 0.328 bits per heavy atom. The number of likely N-dealkylation sites (tertiary alicyclic amines) is 4. The van der Waals surface area contributed by atoms with E-state index in [1.54, 1.807) is 43.9 Å². The molecule has 724 valence electrons. The molecular weight excluding hydrogens is 1770 g/mol. The number of allylic oxidation sites excluding steroid dienone is 12. The number of carbonyl (C=O) groups is 8. The average Bonchev–Trinajstić information content (AvgIpc) is 0.795. The molecule has 4 unspecified atom stereocenters. The molecule has 12 rings (SSSR count). The molecule has 34 heteroatoms. The number of rotatable bonds is 12. The van der Waals surface area contributed by atoms with Gasteiger partial charge in [0.1, 0.15) is 68.2 Å². The number of phenolic OH excluding ortho intramolecular Hbond substituents is 8. The topological polar surface area (TPSA) is 435 Å². The summed E-state index contributed by atoms with van der Waals surface area (Å²) in [6.45, 7) is 14.0. The molecule has 4 atom stereocenters. The van der Waals surface area contributed by atoms with Gasteiger partial charge in [0.15, 0.2) is 26.4 Å². The molecule has 0 bridgehead atoms. The van der Waals surface area contributed by atoms with Crippen molar-refractivity contribution in [2.75, 3.05) is 105 Å². The second-order valence-corrected chi connectivity index (χ2v) is 34.7. The number of oxime groups is 4. The van der Waals surface area contributed by atoms with E-state index in [4.69, 9.17) is 61.5 Å². The molecule has 0 aliphatic carbocycles. The molecule has 0 spiro atoms. The van der Waals surface area contributed by atoms with Crippen LogP contribution in [0.3, 0.4) is 0 Å². The number of hydrogen-bond acceptors (Lipinski definition) is 28. The van der Waals surface area contributed by atoms with Crippen LogP contribution in [-0.2, 0) is 83.2 Å². The van der Waals surface area contributed by atoms with Crippen molar-refractivity contribution in [2.45, 2.75) is 182 Å². The summed E-state index contributed by atoms with van der Waals surface area (Å²) >= 11 is 12.6. The summed E-state index contributed by atoms with van der Waals surface area (Å²) in [7, 11) is 0. The molecule has 0 saturated carbocycles. The van der Waals surface area contributed by atoms with Crippen LogP contribution < -0.4 is 0 Å². The monoisotopic (exact) mass is 1890 g/mol. The summed E-state index contributed by atoms with van der Waals surface area (Å²) in [5.74, 6) is -4.99. The van der Waals surface area contributed by atoms with Crippen molar-refractivity contribution in [1.82, 2.24) is 19.6 Å². The van der Waals surface area contributed by atoms with Gasteiger partial charge in [0.2, 0.25) is 0 Å². The van der Waals surface area contributed by atoms with E-state index in [9.17, 15) is 79.2 Å². The molecule has 8 N–H and O–H groups in total. The zero-order chi connectivity index (χ0) is 96.3. The molecular formula is C100H126Cl2N8O24. The lowest BCUT2D eigenvalue weighted by molar-refractivity contribution is -0.137. The highest BCUT2D eigenvalue weighted by atomic mass is 35.5. The first-order valence-electron chi connectivity index (χ1n) is 46.0. The normalized spacial score (nSPS) is 23.0. The first-order chi connectivity index (χ1) is 64.6. The molecule has 8 heterocycles. The largest absolute Gasteiger partial charge is 0.508 e. The Bertz CT molecular complexity index is 4760. The Hall–Kier alpha value is -12.6. The number of aromatic hydroxyl groups is 8. The molecule has 4 saturated heterocycles. The molecule has 32 nitrogen and oxygen atoms in total. The molecule has 4 fully saturated rings. The Kier molecular flexibility index (Phi) is 43.8. The van der Waals surface area contributed by atoms with Gasteiger partial charge in [0, 0.05) is 102 Å². The van der Waals surface area contributed by atoms with Crippen molar-refractivity contribution >= 4 is 93.6 Å². The van der Waals surface area contributed by atoms with Crippen molar-refractivity contribution in [3.63, 3.8) is 0 Å². The molecule has 134 heavy (non-hydrogen) atoms. The highest BCUT2D eigenvalue weighted by Gasteiger charge is 2.30. The summed E-state index contributed by atoms with van der Waals surface area (Å²) in [5, 5.41) is 98.0. The predicted octanol–water partition coefficient (Wildman–Crippen LogP) is 16.2. The fourth-order valence-electron chi connectivity index (χ4n) is 15.6. The zero-order valence-corrected chi connectivity index (χ0v) is 78.3. The van der Waals surface area contributed by atoms with Crippen LogP contribution in [0, 0.1) is 23.7 Å². The van der Waals surface area contributed by atoms with E-state index in [0.717, 1.165) is 153 Å². The molecule has 8 aliphatic heterocycles. The minimum atomic E-state index is -0.752. The molecule has 0 radical (unpaired) electrons. The van der Waals surface area contributed by atoms with Gasteiger partial charge in [-0.25, -0.2) is 19.2 Å². The Morgan fingerprint density at radius 2 is 0.567 bits per heavy atom. The van der Waals surface area contributed by atoms with Crippen LogP contribution in [0.2, 0.25) is 10.0 Å². The van der Waals surface area contributed by atoms with Crippen LogP contribution in [0.4, 0.5) is 0 Å². The number of halogens is 2. The zero-order valence-electron chi connectivity index (χ0n) is 76.7. The summed E-state index contributed by atoms with van der Waals surface area (Å²) in [6.07, 6.45) is 48.5. The third-order valence-electron chi connectivity index (χ3n) is 22.8. The average molecular weight is 1900 g/mol. The number of nitrogens with zero attached hydrogens (tertiary/aromatic N) is 8. The Labute approximate surface area is 791 Å². The third kappa shape index (κ3) is 34.8. The van der Waals surface area contributed by atoms with Crippen molar-refractivity contribution in [2.24, 2.45) is 44.3 Å². The number of fused-ring (bicyclic) bond motifs is 4. The van der Waals surface area contributed by atoms with E-state index in [-0.39, 0.29) is 204 Å². The fraction of sp³-hybridized carbons (Fsp3) is 0.480. The number of amides is 4. The minimum Gasteiger partial charge on any atom is -0.508 e. The number of phenols is 8.